The highest BCUT2D eigenvalue weighted by Crippen LogP contribution is 2.30. The summed E-state index contributed by atoms with van der Waals surface area (Å²) in [4.78, 5) is 8.52. The third kappa shape index (κ3) is 4.68. The summed E-state index contributed by atoms with van der Waals surface area (Å²) in [6.45, 7) is 3.57. The van der Waals surface area contributed by atoms with Crippen LogP contribution in [0.4, 0.5) is 0 Å². The molecule has 2 aromatic heterocycles. The van der Waals surface area contributed by atoms with Crippen LogP contribution in [0.5, 0.6) is 0 Å². The molecule has 1 unspecified atom stereocenters. The first-order chi connectivity index (χ1) is 14.2. The fourth-order valence-corrected chi connectivity index (χ4v) is 4.72. The lowest BCUT2D eigenvalue weighted by atomic mass is 10.0. The van der Waals surface area contributed by atoms with Gasteiger partial charge in [0, 0.05) is 44.8 Å². The van der Waals surface area contributed by atoms with Gasteiger partial charge in [0.25, 0.3) is 0 Å². The summed E-state index contributed by atoms with van der Waals surface area (Å²) >= 11 is 1.88. The molecule has 1 atom stereocenters. The highest BCUT2D eigenvalue weighted by Gasteiger charge is 2.25. The number of benzene rings is 1. The van der Waals surface area contributed by atoms with Crippen molar-refractivity contribution < 1.29 is 0 Å². The summed E-state index contributed by atoms with van der Waals surface area (Å²) in [7, 11) is 3.77. The number of aryl methyl sites for hydroxylation is 1. The van der Waals surface area contributed by atoms with Crippen molar-refractivity contribution in [2.45, 2.75) is 25.6 Å². The molecule has 1 aliphatic heterocycles. The predicted octanol–water partition coefficient (Wildman–Crippen LogP) is 2.95. The number of nitrogens with zero attached hydrogens (tertiary/aromatic N) is 4. The first kappa shape index (κ1) is 19.7. The number of nitrogens with one attached hydrogen (secondary N) is 2. The molecule has 0 spiro atoms. The van der Waals surface area contributed by atoms with Gasteiger partial charge in [-0.2, -0.15) is 5.10 Å². The molecule has 0 fully saturated rings. The van der Waals surface area contributed by atoms with Crippen LogP contribution >= 0.6 is 11.3 Å². The Kier molecular flexibility index (Phi) is 6.27. The van der Waals surface area contributed by atoms with E-state index >= 15 is 0 Å². The lowest BCUT2D eigenvalue weighted by Crippen LogP contribution is -2.44. The molecule has 29 heavy (non-hydrogen) atoms. The van der Waals surface area contributed by atoms with Crippen molar-refractivity contribution in [3.8, 4) is 0 Å². The van der Waals surface area contributed by atoms with Crippen molar-refractivity contribution in [3.05, 3.63) is 75.7 Å². The van der Waals surface area contributed by atoms with Crippen molar-refractivity contribution in [1.82, 2.24) is 25.3 Å². The molecule has 152 valence electrons. The van der Waals surface area contributed by atoms with E-state index in [0.29, 0.717) is 12.6 Å². The molecule has 0 saturated carbocycles. The molecule has 3 heterocycles. The number of thiophene rings is 1. The number of guanidine groups is 1. The topological polar surface area (TPSA) is 57.5 Å². The molecular weight excluding hydrogens is 380 g/mol. The fourth-order valence-electron chi connectivity index (χ4n) is 3.83. The number of aromatic nitrogens is 2. The van der Waals surface area contributed by atoms with Crippen molar-refractivity contribution in [2.24, 2.45) is 12.0 Å². The van der Waals surface area contributed by atoms with Gasteiger partial charge in [0.05, 0.1) is 18.3 Å². The average Bonchev–Trinajstić information content (AvgIpc) is 3.39. The zero-order chi connectivity index (χ0) is 20.1. The van der Waals surface area contributed by atoms with Gasteiger partial charge in [0.15, 0.2) is 5.96 Å². The Balaban J connectivity index is 1.43. The van der Waals surface area contributed by atoms with E-state index in [-0.39, 0.29) is 0 Å². The van der Waals surface area contributed by atoms with Crippen LogP contribution in [-0.4, -0.2) is 40.8 Å². The van der Waals surface area contributed by atoms with Gasteiger partial charge >= 0.3 is 0 Å². The van der Waals surface area contributed by atoms with Gasteiger partial charge in [-0.3, -0.25) is 14.6 Å². The third-order valence-corrected chi connectivity index (χ3v) is 6.53. The lowest BCUT2D eigenvalue weighted by Gasteiger charge is -2.35. The molecule has 2 N–H and O–H groups in total. The Morgan fingerprint density at radius 2 is 2.07 bits per heavy atom. The molecule has 3 aromatic rings. The van der Waals surface area contributed by atoms with Crippen molar-refractivity contribution in [3.63, 3.8) is 0 Å². The molecule has 7 heteroatoms. The normalized spacial score (nSPS) is 15.7. The van der Waals surface area contributed by atoms with Gasteiger partial charge in [-0.05, 0) is 35.1 Å². The molecule has 1 aliphatic rings. The molecule has 0 saturated heterocycles. The van der Waals surface area contributed by atoms with Gasteiger partial charge in [-0.1, -0.05) is 30.3 Å². The zero-order valence-corrected chi connectivity index (χ0v) is 17.8. The number of hydrogen-bond donors (Lipinski definition) is 2. The van der Waals surface area contributed by atoms with E-state index in [1.165, 1.54) is 16.0 Å². The number of aliphatic imine (C=N–C) groups is 1. The summed E-state index contributed by atoms with van der Waals surface area (Å²) in [6, 6.07) is 15.3. The maximum Gasteiger partial charge on any atom is 0.191 e. The Hall–Kier alpha value is -2.64. The van der Waals surface area contributed by atoms with Crippen LogP contribution in [0.2, 0.25) is 0 Å². The van der Waals surface area contributed by atoms with Gasteiger partial charge in [-0.15, -0.1) is 11.3 Å². The summed E-state index contributed by atoms with van der Waals surface area (Å²) in [5.74, 6) is 0.806. The van der Waals surface area contributed by atoms with Crippen LogP contribution < -0.4 is 10.6 Å². The molecule has 4 rings (SSSR count). The zero-order valence-electron chi connectivity index (χ0n) is 17.0. The summed E-state index contributed by atoms with van der Waals surface area (Å²) in [6.07, 6.45) is 2.94. The third-order valence-electron chi connectivity index (χ3n) is 5.51. The molecule has 0 radical (unpaired) electrons. The number of hydrogen-bond acceptors (Lipinski definition) is 4. The van der Waals surface area contributed by atoms with Gasteiger partial charge in [0.2, 0.25) is 0 Å². The Morgan fingerprint density at radius 1 is 1.21 bits per heavy atom. The Morgan fingerprint density at radius 3 is 2.83 bits per heavy atom. The van der Waals surface area contributed by atoms with Crippen LogP contribution in [0.3, 0.4) is 0 Å². The summed E-state index contributed by atoms with van der Waals surface area (Å²) in [5.41, 5.74) is 3.93. The van der Waals surface area contributed by atoms with Gasteiger partial charge in [0.1, 0.15) is 0 Å². The van der Waals surface area contributed by atoms with Crippen LogP contribution in [-0.2, 0) is 26.6 Å². The standard InChI is InChI=1S/C22H28N6S/c1-23-22(24-14-19-8-11-26-27(19)2)25-15-20(17-6-4-3-5-7-17)28-12-9-21-18(16-28)10-13-29-21/h3-8,10-11,13,20H,9,12,14-16H2,1-2H3,(H2,23,24,25). The minimum atomic E-state index is 0.291. The molecule has 0 bridgehead atoms. The van der Waals surface area contributed by atoms with Gasteiger partial charge in [-0.25, -0.2) is 0 Å². The molecule has 0 aliphatic carbocycles. The second kappa shape index (κ2) is 9.24. The maximum absolute atomic E-state index is 4.40. The van der Waals surface area contributed by atoms with Crippen molar-refractivity contribution >= 4 is 17.3 Å². The highest BCUT2D eigenvalue weighted by molar-refractivity contribution is 7.10. The largest absolute Gasteiger partial charge is 0.354 e. The lowest BCUT2D eigenvalue weighted by molar-refractivity contribution is 0.181. The number of fused-ring (bicyclic) bond motifs is 1. The minimum Gasteiger partial charge on any atom is -0.354 e. The van der Waals surface area contributed by atoms with Crippen molar-refractivity contribution in [1.29, 1.82) is 0 Å². The van der Waals surface area contributed by atoms with E-state index in [0.717, 1.165) is 37.7 Å². The predicted molar refractivity (Wildman–Crippen MR) is 119 cm³/mol. The van der Waals surface area contributed by atoms with E-state index in [9.17, 15) is 0 Å². The van der Waals surface area contributed by atoms with E-state index in [1.54, 1.807) is 0 Å². The fraction of sp³-hybridized carbons (Fsp3) is 0.364. The van der Waals surface area contributed by atoms with E-state index < -0.39 is 0 Å². The van der Waals surface area contributed by atoms with E-state index in [2.05, 4.69) is 67.4 Å². The molecule has 0 amide bonds. The molecule has 6 nitrogen and oxygen atoms in total. The minimum absolute atomic E-state index is 0.291. The Bertz CT molecular complexity index is 945. The van der Waals surface area contributed by atoms with Crippen LogP contribution in [0, 0.1) is 0 Å². The quantitative estimate of drug-likeness (QED) is 0.486. The summed E-state index contributed by atoms with van der Waals surface area (Å²) in [5, 5.41) is 13.4. The van der Waals surface area contributed by atoms with E-state index in [4.69, 9.17) is 0 Å². The number of rotatable bonds is 6. The van der Waals surface area contributed by atoms with Gasteiger partial charge < -0.3 is 10.6 Å². The van der Waals surface area contributed by atoms with Crippen molar-refractivity contribution in [2.75, 3.05) is 20.1 Å². The summed E-state index contributed by atoms with van der Waals surface area (Å²) < 4.78 is 1.87. The smallest absolute Gasteiger partial charge is 0.191 e. The monoisotopic (exact) mass is 408 g/mol. The van der Waals surface area contributed by atoms with Crippen LogP contribution in [0.15, 0.2) is 59.0 Å². The Labute approximate surface area is 176 Å². The average molecular weight is 409 g/mol. The van der Waals surface area contributed by atoms with Crippen LogP contribution in [0.25, 0.3) is 0 Å². The first-order valence-corrected chi connectivity index (χ1v) is 10.9. The molecular formula is C22H28N6S. The van der Waals surface area contributed by atoms with Crippen LogP contribution in [0.1, 0.15) is 27.7 Å². The highest BCUT2D eigenvalue weighted by atomic mass is 32.1. The second-order valence-electron chi connectivity index (χ2n) is 7.27. The van der Waals surface area contributed by atoms with E-state index in [1.807, 2.05) is 42.4 Å². The molecule has 1 aromatic carbocycles. The first-order valence-electron chi connectivity index (χ1n) is 10.00. The maximum atomic E-state index is 4.40. The second-order valence-corrected chi connectivity index (χ2v) is 8.27. The SMILES string of the molecule is CN=C(NCc1ccnn1C)NCC(c1ccccc1)N1CCc2sccc2C1.